The van der Waals surface area contributed by atoms with Crippen LogP contribution in [0, 0.1) is 11.3 Å². The highest BCUT2D eigenvalue weighted by Gasteiger charge is 2.37. The Labute approximate surface area is 142 Å². The second kappa shape index (κ2) is 7.00. The molecule has 2 aliphatic rings. The normalized spacial score (nSPS) is 31.7. The molecule has 2 fully saturated rings. The minimum Gasteiger partial charge on any atom is -0.444 e. The Kier molecular flexibility index (Phi) is 5.65. The highest BCUT2D eigenvalue weighted by Crippen LogP contribution is 2.41. The highest BCUT2D eigenvalue weighted by atomic mass is 16.6. The van der Waals surface area contributed by atoms with Gasteiger partial charge < -0.3 is 15.0 Å². The molecule has 1 aliphatic carbocycles. The molecule has 1 aliphatic heterocycles. The SMILES string of the molecule is CC1CC(C)(C)CC1NC1CCCN(C(=O)OC(C)(C)C)CC1. The number of amides is 1. The Morgan fingerprint density at radius 1 is 1.17 bits per heavy atom. The van der Waals surface area contributed by atoms with Gasteiger partial charge in [0, 0.05) is 25.2 Å². The Morgan fingerprint density at radius 2 is 1.87 bits per heavy atom. The number of rotatable bonds is 2. The molecule has 0 radical (unpaired) electrons. The zero-order valence-electron chi connectivity index (χ0n) is 15.9. The van der Waals surface area contributed by atoms with Crippen LogP contribution in [0.3, 0.4) is 0 Å². The first-order valence-corrected chi connectivity index (χ1v) is 9.30. The molecule has 1 saturated carbocycles. The summed E-state index contributed by atoms with van der Waals surface area (Å²) < 4.78 is 5.51. The number of nitrogens with one attached hydrogen (secondary N) is 1. The molecule has 0 spiro atoms. The van der Waals surface area contributed by atoms with E-state index in [1.165, 1.54) is 12.8 Å². The van der Waals surface area contributed by atoms with Crippen LogP contribution in [-0.4, -0.2) is 41.8 Å². The van der Waals surface area contributed by atoms with Crippen molar-refractivity contribution in [3.05, 3.63) is 0 Å². The zero-order chi connectivity index (χ0) is 17.3. The van der Waals surface area contributed by atoms with E-state index < -0.39 is 5.60 Å². The van der Waals surface area contributed by atoms with Crippen molar-refractivity contribution < 1.29 is 9.53 Å². The summed E-state index contributed by atoms with van der Waals surface area (Å²) in [6.07, 6.45) is 5.66. The van der Waals surface area contributed by atoms with Crippen molar-refractivity contribution in [1.82, 2.24) is 10.2 Å². The van der Waals surface area contributed by atoms with E-state index in [1.54, 1.807) is 0 Å². The Morgan fingerprint density at radius 3 is 2.43 bits per heavy atom. The fourth-order valence-electron chi connectivity index (χ4n) is 4.19. The maximum absolute atomic E-state index is 12.2. The number of likely N-dealkylation sites (tertiary alicyclic amines) is 1. The number of ether oxygens (including phenoxy) is 1. The van der Waals surface area contributed by atoms with Gasteiger partial charge in [0.05, 0.1) is 0 Å². The predicted octanol–water partition coefficient (Wildman–Crippen LogP) is 4.19. The van der Waals surface area contributed by atoms with Crippen molar-refractivity contribution in [2.24, 2.45) is 11.3 Å². The highest BCUT2D eigenvalue weighted by molar-refractivity contribution is 5.68. The summed E-state index contributed by atoms with van der Waals surface area (Å²) in [6, 6.07) is 1.16. The molecule has 4 heteroatoms. The molecule has 3 unspecified atom stereocenters. The summed E-state index contributed by atoms with van der Waals surface area (Å²) >= 11 is 0. The summed E-state index contributed by atoms with van der Waals surface area (Å²) in [7, 11) is 0. The van der Waals surface area contributed by atoms with Crippen LogP contribution in [0.2, 0.25) is 0 Å². The molecule has 4 nitrogen and oxygen atoms in total. The average Bonchev–Trinajstić information content (AvgIpc) is 2.56. The fourth-order valence-corrected chi connectivity index (χ4v) is 4.19. The van der Waals surface area contributed by atoms with Gasteiger partial charge in [0.2, 0.25) is 0 Å². The lowest BCUT2D eigenvalue weighted by atomic mass is 9.91. The largest absolute Gasteiger partial charge is 0.444 e. The van der Waals surface area contributed by atoms with Crippen LogP contribution in [-0.2, 0) is 4.74 Å². The van der Waals surface area contributed by atoms with Crippen LogP contribution < -0.4 is 5.32 Å². The van der Waals surface area contributed by atoms with E-state index >= 15 is 0 Å². The van der Waals surface area contributed by atoms with E-state index in [1.807, 2.05) is 25.7 Å². The molecule has 23 heavy (non-hydrogen) atoms. The molecule has 0 aromatic rings. The molecular weight excluding hydrogens is 288 g/mol. The van der Waals surface area contributed by atoms with E-state index in [0.717, 1.165) is 38.3 Å². The molecule has 1 heterocycles. The first-order chi connectivity index (χ1) is 10.6. The summed E-state index contributed by atoms with van der Waals surface area (Å²) in [5, 5.41) is 3.89. The van der Waals surface area contributed by atoms with Crippen molar-refractivity contribution in [1.29, 1.82) is 0 Å². The van der Waals surface area contributed by atoms with Gasteiger partial charge in [-0.2, -0.15) is 0 Å². The number of hydrogen-bond acceptors (Lipinski definition) is 3. The minimum absolute atomic E-state index is 0.159. The lowest BCUT2D eigenvalue weighted by molar-refractivity contribution is 0.0256. The second-order valence-electron chi connectivity index (χ2n) is 9.42. The van der Waals surface area contributed by atoms with E-state index in [2.05, 4.69) is 26.1 Å². The van der Waals surface area contributed by atoms with Gasteiger partial charge >= 0.3 is 6.09 Å². The average molecular weight is 325 g/mol. The van der Waals surface area contributed by atoms with Gasteiger partial charge in [0.15, 0.2) is 0 Å². The molecule has 1 amide bonds. The van der Waals surface area contributed by atoms with Gasteiger partial charge in [-0.1, -0.05) is 20.8 Å². The van der Waals surface area contributed by atoms with Crippen LogP contribution in [0.1, 0.15) is 73.6 Å². The monoisotopic (exact) mass is 324 g/mol. The van der Waals surface area contributed by atoms with E-state index in [-0.39, 0.29) is 6.09 Å². The lowest BCUT2D eigenvalue weighted by Crippen LogP contribution is -2.41. The molecule has 0 bridgehead atoms. The van der Waals surface area contributed by atoms with Gasteiger partial charge in [0.25, 0.3) is 0 Å². The van der Waals surface area contributed by atoms with Crippen LogP contribution in [0.4, 0.5) is 4.79 Å². The van der Waals surface area contributed by atoms with Gasteiger partial charge in [-0.25, -0.2) is 4.79 Å². The number of carbonyl (C=O) groups excluding carboxylic acids is 1. The quantitative estimate of drug-likeness (QED) is 0.828. The van der Waals surface area contributed by atoms with Crippen molar-refractivity contribution in [3.63, 3.8) is 0 Å². The van der Waals surface area contributed by atoms with Crippen molar-refractivity contribution in [2.75, 3.05) is 13.1 Å². The van der Waals surface area contributed by atoms with E-state index in [9.17, 15) is 4.79 Å². The predicted molar refractivity (Wildman–Crippen MR) is 94.5 cm³/mol. The summed E-state index contributed by atoms with van der Waals surface area (Å²) in [4.78, 5) is 14.1. The van der Waals surface area contributed by atoms with Gasteiger partial charge in [-0.05, 0) is 64.2 Å². The molecule has 1 N–H and O–H groups in total. The molecular formula is C19H36N2O2. The first kappa shape index (κ1) is 18.6. The summed E-state index contributed by atoms with van der Waals surface area (Å²) in [5.41, 5.74) is 0.0518. The van der Waals surface area contributed by atoms with Crippen molar-refractivity contribution >= 4 is 6.09 Å². The Bertz CT molecular complexity index is 414. The lowest BCUT2D eigenvalue weighted by Gasteiger charge is -2.27. The minimum atomic E-state index is -0.411. The van der Waals surface area contributed by atoms with Gasteiger partial charge in [0.1, 0.15) is 5.60 Å². The third kappa shape index (κ3) is 5.66. The van der Waals surface area contributed by atoms with Crippen LogP contribution >= 0.6 is 0 Å². The maximum Gasteiger partial charge on any atom is 0.410 e. The molecule has 3 atom stereocenters. The summed E-state index contributed by atoms with van der Waals surface area (Å²) in [6.45, 7) is 14.5. The Hall–Kier alpha value is -0.770. The fraction of sp³-hybridized carbons (Fsp3) is 0.947. The van der Waals surface area contributed by atoms with E-state index in [4.69, 9.17) is 4.74 Å². The molecule has 1 saturated heterocycles. The zero-order valence-corrected chi connectivity index (χ0v) is 15.9. The number of nitrogens with zero attached hydrogens (tertiary/aromatic N) is 1. The molecule has 134 valence electrons. The van der Waals surface area contributed by atoms with Crippen LogP contribution in [0.25, 0.3) is 0 Å². The van der Waals surface area contributed by atoms with Crippen LogP contribution in [0.15, 0.2) is 0 Å². The number of hydrogen-bond donors (Lipinski definition) is 1. The van der Waals surface area contributed by atoms with Gasteiger partial charge in [-0.3, -0.25) is 0 Å². The first-order valence-electron chi connectivity index (χ1n) is 9.30. The Balaban J connectivity index is 1.83. The third-order valence-electron chi connectivity index (χ3n) is 5.16. The van der Waals surface area contributed by atoms with E-state index in [0.29, 0.717) is 17.5 Å². The third-order valence-corrected chi connectivity index (χ3v) is 5.16. The topological polar surface area (TPSA) is 41.6 Å². The number of carbonyl (C=O) groups is 1. The van der Waals surface area contributed by atoms with Gasteiger partial charge in [-0.15, -0.1) is 0 Å². The smallest absolute Gasteiger partial charge is 0.410 e. The second-order valence-corrected chi connectivity index (χ2v) is 9.42. The standard InChI is InChI=1S/C19H36N2O2/c1-14-12-19(5,6)13-16(14)20-15-8-7-10-21(11-9-15)17(22)23-18(2,3)4/h14-16,20H,7-13H2,1-6H3. The maximum atomic E-state index is 12.2. The summed E-state index contributed by atoms with van der Waals surface area (Å²) in [5.74, 6) is 0.746. The van der Waals surface area contributed by atoms with Crippen LogP contribution in [0.5, 0.6) is 0 Å². The van der Waals surface area contributed by atoms with Crippen molar-refractivity contribution in [2.45, 2.75) is 91.3 Å². The molecule has 0 aromatic carbocycles. The molecule has 2 rings (SSSR count). The van der Waals surface area contributed by atoms with Crippen molar-refractivity contribution in [3.8, 4) is 0 Å². The molecule has 0 aromatic heterocycles.